The average Bonchev–Trinajstić information content (AvgIpc) is 2.40. The molecule has 6 heteroatoms. The Hall–Kier alpha value is -1.46. The smallest absolute Gasteiger partial charge is 0.228 e. The number of anilines is 1. The topological polar surface area (TPSA) is 59.6 Å². The van der Waals surface area contributed by atoms with Crippen LogP contribution in [0.25, 0.3) is 0 Å². The lowest BCUT2D eigenvalue weighted by molar-refractivity contribution is -0.119. The maximum absolute atomic E-state index is 12.0. The largest absolute Gasteiger partial charge is 0.493 e. The second-order valence-corrected chi connectivity index (χ2v) is 4.47. The Morgan fingerprint density at radius 1 is 1.25 bits per heavy atom. The molecule has 2 N–H and O–H groups in total. The molecule has 0 aliphatic carbocycles. The molecule has 1 unspecified atom stereocenters. The van der Waals surface area contributed by atoms with Crippen LogP contribution in [0.2, 0.25) is 0 Å². The summed E-state index contributed by atoms with van der Waals surface area (Å²) in [6, 6.07) is 3.62. The first-order valence-corrected chi connectivity index (χ1v) is 6.21. The summed E-state index contributed by atoms with van der Waals surface area (Å²) in [6.45, 7) is 4.43. The number of carbonyl (C=O) groups excluding carboxylic acids is 1. The van der Waals surface area contributed by atoms with Crippen LogP contribution >= 0.6 is 12.4 Å². The molecular weight excluding hydrogens is 280 g/mol. The number of methoxy groups -OCH3 is 2. The van der Waals surface area contributed by atoms with Crippen molar-refractivity contribution in [1.29, 1.82) is 0 Å². The van der Waals surface area contributed by atoms with Crippen molar-refractivity contribution in [3.8, 4) is 11.5 Å². The summed E-state index contributed by atoms with van der Waals surface area (Å²) < 4.78 is 10.4. The van der Waals surface area contributed by atoms with Gasteiger partial charge in [-0.2, -0.15) is 0 Å². The minimum Gasteiger partial charge on any atom is -0.493 e. The van der Waals surface area contributed by atoms with Gasteiger partial charge in [0.05, 0.1) is 14.2 Å². The molecule has 0 fully saturated rings. The molecule has 114 valence electrons. The van der Waals surface area contributed by atoms with Gasteiger partial charge in [-0.3, -0.25) is 4.79 Å². The molecule has 1 aromatic rings. The highest BCUT2D eigenvalue weighted by atomic mass is 35.5. The fourth-order valence-corrected chi connectivity index (χ4v) is 1.77. The van der Waals surface area contributed by atoms with Gasteiger partial charge in [0.1, 0.15) is 0 Å². The molecular formula is C14H23ClN2O3. The highest BCUT2D eigenvalue weighted by Crippen LogP contribution is 2.32. The molecule has 1 aromatic carbocycles. The molecule has 0 saturated heterocycles. The zero-order valence-electron chi connectivity index (χ0n) is 12.6. The van der Waals surface area contributed by atoms with Crippen LogP contribution in [-0.4, -0.2) is 33.7 Å². The summed E-state index contributed by atoms with van der Waals surface area (Å²) in [7, 11) is 4.98. The van der Waals surface area contributed by atoms with Gasteiger partial charge in [0.25, 0.3) is 0 Å². The first-order chi connectivity index (χ1) is 9.03. The summed E-state index contributed by atoms with van der Waals surface area (Å²) in [5, 5.41) is 5.89. The van der Waals surface area contributed by atoms with Crippen molar-refractivity contribution in [3.05, 3.63) is 17.7 Å². The Morgan fingerprint density at radius 3 is 2.30 bits per heavy atom. The normalized spacial score (nSPS) is 11.2. The fourth-order valence-electron chi connectivity index (χ4n) is 1.77. The number of nitrogens with one attached hydrogen (secondary N) is 2. The van der Waals surface area contributed by atoms with Crippen LogP contribution in [0.4, 0.5) is 5.69 Å². The third kappa shape index (κ3) is 4.58. The molecule has 0 aromatic heterocycles. The molecule has 20 heavy (non-hydrogen) atoms. The van der Waals surface area contributed by atoms with Gasteiger partial charge in [-0.05, 0) is 25.6 Å². The number of amides is 1. The van der Waals surface area contributed by atoms with Gasteiger partial charge in [0.15, 0.2) is 11.5 Å². The number of hydrogen-bond acceptors (Lipinski definition) is 4. The standard InChI is InChI=1S/C14H22N2O3.ClH/c1-9-6-12(18-4)13(19-5)7-11(9)16-14(17)10(2)8-15-3;/h6-7,10,15H,8H2,1-5H3,(H,16,17);1H. The van der Waals surface area contributed by atoms with Crippen LogP contribution in [-0.2, 0) is 4.79 Å². The summed E-state index contributed by atoms with van der Waals surface area (Å²) in [4.78, 5) is 12.0. The molecule has 0 aliphatic rings. The second-order valence-electron chi connectivity index (χ2n) is 4.47. The van der Waals surface area contributed by atoms with Crippen molar-refractivity contribution in [2.24, 2.45) is 5.92 Å². The van der Waals surface area contributed by atoms with E-state index in [1.165, 1.54) is 0 Å². The highest BCUT2D eigenvalue weighted by Gasteiger charge is 2.15. The second kappa shape index (κ2) is 8.66. The van der Waals surface area contributed by atoms with E-state index in [0.717, 1.165) is 11.3 Å². The van der Waals surface area contributed by atoms with Crippen LogP contribution in [0.3, 0.4) is 0 Å². The van der Waals surface area contributed by atoms with E-state index in [4.69, 9.17) is 9.47 Å². The van der Waals surface area contributed by atoms with Crippen molar-refractivity contribution < 1.29 is 14.3 Å². The average molecular weight is 303 g/mol. The highest BCUT2D eigenvalue weighted by molar-refractivity contribution is 5.93. The lowest BCUT2D eigenvalue weighted by Crippen LogP contribution is -2.28. The summed E-state index contributed by atoms with van der Waals surface area (Å²) in [5.74, 6) is 1.13. The minimum absolute atomic E-state index is 0. The molecule has 0 spiro atoms. The summed E-state index contributed by atoms with van der Waals surface area (Å²) >= 11 is 0. The molecule has 0 bridgehead atoms. The molecule has 0 aliphatic heterocycles. The van der Waals surface area contributed by atoms with Gasteiger partial charge in [0, 0.05) is 24.2 Å². The van der Waals surface area contributed by atoms with Crippen molar-refractivity contribution in [1.82, 2.24) is 5.32 Å². The van der Waals surface area contributed by atoms with E-state index in [9.17, 15) is 4.79 Å². The van der Waals surface area contributed by atoms with E-state index in [0.29, 0.717) is 18.0 Å². The number of halogens is 1. The van der Waals surface area contributed by atoms with Crippen LogP contribution in [0.5, 0.6) is 11.5 Å². The zero-order chi connectivity index (χ0) is 14.4. The third-order valence-corrected chi connectivity index (χ3v) is 2.95. The first kappa shape index (κ1) is 18.5. The van der Waals surface area contributed by atoms with E-state index in [1.807, 2.05) is 27.0 Å². The van der Waals surface area contributed by atoms with Gasteiger partial charge in [-0.25, -0.2) is 0 Å². The lowest BCUT2D eigenvalue weighted by atomic mass is 10.1. The Balaban J connectivity index is 0.00000361. The monoisotopic (exact) mass is 302 g/mol. The number of aryl methyl sites for hydroxylation is 1. The molecule has 1 rings (SSSR count). The Bertz CT molecular complexity index is 452. The van der Waals surface area contributed by atoms with Crippen LogP contribution in [0.15, 0.2) is 12.1 Å². The quantitative estimate of drug-likeness (QED) is 0.846. The van der Waals surface area contributed by atoms with E-state index in [-0.39, 0.29) is 24.2 Å². The molecule has 1 amide bonds. The molecule has 5 nitrogen and oxygen atoms in total. The van der Waals surface area contributed by atoms with Crippen molar-refractivity contribution in [2.75, 3.05) is 33.1 Å². The summed E-state index contributed by atoms with van der Waals surface area (Å²) in [5.41, 5.74) is 1.67. The number of carbonyl (C=O) groups is 1. The molecule has 1 atom stereocenters. The van der Waals surface area contributed by atoms with Gasteiger partial charge < -0.3 is 20.1 Å². The van der Waals surface area contributed by atoms with Crippen LogP contribution in [0.1, 0.15) is 12.5 Å². The molecule has 0 heterocycles. The van der Waals surface area contributed by atoms with E-state index < -0.39 is 0 Å². The van der Waals surface area contributed by atoms with E-state index in [1.54, 1.807) is 20.3 Å². The van der Waals surface area contributed by atoms with Crippen LogP contribution in [0, 0.1) is 12.8 Å². The number of ether oxygens (including phenoxy) is 2. The Morgan fingerprint density at radius 2 is 1.80 bits per heavy atom. The van der Waals surface area contributed by atoms with Gasteiger partial charge in [-0.15, -0.1) is 12.4 Å². The van der Waals surface area contributed by atoms with E-state index >= 15 is 0 Å². The first-order valence-electron chi connectivity index (χ1n) is 6.21. The fraction of sp³-hybridized carbons (Fsp3) is 0.500. The SMILES string of the molecule is CNCC(C)C(=O)Nc1cc(OC)c(OC)cc1C.Cl. The van der Waals surface area contributed by atoms with Gasteiger partial charge in [-0.1, -0.05) is 6.92 Å². The van der Waals surface area contributed by atoms with Gasteiger partial charge >= 0.3 is 0 Å². The Kier molecular flexibility index (Phi) is 8.03. The molecule has 0 radical (unpaired) electrons. The van der Waals surface area contributed by atoms with E-state index in [2.05, 4.69) is 10.6 Å². The molecule has 0 saturated carbocycles. The number of benzene rings is 1. The maximum atomic E-state index is 12.0. The van der Waals surface area contributed by atoms with Crippen LogP contribution < -0.4 is 20.1 Å². The zero-order valence-corrected chi connectivity index (χ0v) is 13.4. The lowest BCUT2D eigenvalue weighted by Gasteiger charge is -2.16. The minimum atomic E-state index is -0.0995. The number of hydrogen-bond donors (Lipinski definition) is 2. The van der Waals surface area contributed by atoms with Crippen molar-refractivity contribution in [3.63, 3.8) is 0 Å². The van der Waals surface area contributed by atoms with Crippen molar-refractivity contribution >= 4 is 24.0 Å². The Labute approximate surface area is 126 Å². The number of rotatable bonds is 6. The van der Waals surface area contributed by atoms with Crippen molar-refractivity contribution in [2.45, 2.75) is 13.8 Å². The van der Waals surface area contributed by atoms with Gasteiger partial charge in [0.2, 0.25) is 5.91 Å². The predicted molar refractivity (Wildman–Crippen MR) is 83.3 cm³/mol. The maximum Gasteiger partial charge on any atom is 0.228 e. The third-order valence-electron chi connectivity index (χ3n) is 2.95. The summed E-state index contributed by atoms with van der Waals surface area (Å²) in [6.07, 6.45) is 0. The predicted octanol–water partition coefficient (Wildman–Crippen LogP) is 2.23.